The molecule has 0 aliphatic rings. The molecule has 1 aromatic heterocycles. The zero-order chi connectivity index (χ0) is 20.9. The third-order valence-corrected chi connectivity index (χ3v) is 4.21. The molecule has 0 bridgehead atoms. The second-order valence-corrected chi connectivity index (χ2v) is 6.60. The number of halogens is 4. The van der Waals surface area contributed by atoms with E-state index in [2.05, 4.69) is 9.72 Å². The van der Waals surface area contributed by atoms with Gasteiger partial charge >= 0.3 is 6.18 Å². The number of hydrogen-bond acceptors (Lipinski definition) is 4. The molecule has 2 atom stereocenters. The van der Waals surface area contributed by atoms with E-state index in [-0.39, 0.29) is 11.7 Å². The lowest BCUT2D eigenvalue weighted by Gasteiger charge is -2.27. The van der Waals surface area contributed by atoms with Gasteiger partial charge in [0, 0.05) is 12.1 Å². The van der Waals surface area contributed by atoms with Crippen LogP contribution in [0.25, 0.3) is 0 Å². The Balaban J connectivity index is 1.98. The van der Waals surface area contributed by atoms with Gasteiger partial charge in [-0.1, -0.05) is 17.7 Å². The molecule has 0 saturated carbocycles. The van der Waals surface area contributed by atoms with Crippen LogP contribution in [0.1, 0.15) is 25.6 Å². The molecular weight excluding hydrogens is 397 g/mol. The van der Waals surface area contributed by atoms with Gasteiger partial charge in [0.2, 0.25) is 0 Å². The fraction of sp³-hybridized carbons (Fsp3) is 0.368. The molecule has 0 saturated heterocycles. The minimum atomic E-state index is -4.42. The van der Waals surface area contributed by atoms with Crippen LogP contribution in [0.2, 0.25) is 5.02 Å². The molecule has 1 amide bonds. The first-order valence-corrected chi connectivity index (χ1v) is 8.79. The van der Waals surface area contributed by atoms with Crippen molar-refractivity contribution in [1.82, 2.24) is 9.88 Å². The number of benzene rings is 1. The van der Waals surface area contributed by atoms with E-state index in [0.29, 0.717) is 16.5 Å². The Morgan fingerprint density at radius 3 is 2.50 bits per heavy atom. The van der Waals surface area contributed by atoms with Gasteiger partial charge in [-0.3, -0.25) is 9.78 Å². The van der Waals surface area contributed by atoms with E-state index in [1.165, 1.54) is 23.2 Å². The topological polar surface area (TPSA) is 51.7 Å². The lowest BCUT2D eigenvalue weighted by atomic mass is 10.1. The summed E-state index contributed by atoms with van der Waals surface area (Å²) in [5, 5.41) is 0.496. The van der Waals surface area contributed by atoms with Crippen molar-refractivity contribution in [1.29, 1.82) is 0 Å². The first-order valence-electron chi connectivity index (χ1n) is 8.41. The van der Waals surface area contributed by atoms with Crippen molar-refractivity contribution in [3.63, 3.8) is 0 Å². The second kappa shape index (κ2) is 9.14. The van der Waals surface area contributed by atoms with E-state index < -0.39 is 24.9 Å². The summed E-state index contributed by atoms with van der Waals surface area (Å²) < 4.78 is 46.8. The van der Waals surface area contributed by atoms with Gasteiger partial charge < -0.3 is 14.4 Å². The van der Waals surface area contributed by atoms with Crippen LogP contribution in [-0.2, 0) is 4.79 Å². The zero-order valence-corrected chi connectivity index (χ0v) is 16.3. The summed E-state index contributed by atoms with van der Waals surface area (Å²) in [5.74, 6) is 0.185. The van der Waals surface area contributed by atoms with Crippen molar-refractivity contribution in [2.75, 3.05) is 13.7 Å². The number of amides is 1. The smallest absolute Gasteiger partial charge is 0.422 e. The molecule has 5 nitrogen and oxygen atoms in total. The Morgan fingerprint density at radius 2 is 1.93 bits per heavy atom. The Kier molecular flexibility index (Phi) is 7.12. The Labute approximate surface area is 166 Å². The van der Waals surface area contributed by atoms with E-state index in [4.69, 9.17) is 16.3 Å². The summed E-state index contributed by atoms with van der Waals surface area (Å²) in [5.41, 5.74) is 0.505. The zero-order valence-electron chi connectivity index (χ0n) is 15.5. The van der Waals surface area contributed by atoms with Crippen LogP contribution in [-0.4, -0.2) is 41.7 Å². The minimum absolute atomic E-state index is 0.0000812. The number of hydrogen-bond donors (Lipinski definition) is 0. The molecule has 152 valence electrons. The van der Waals surface area contributed by atoms with Gasteiger partial charge in [0.05, 0.1) is 17.9 Å². The predicted octanol–water partition coefficient (Wildman–Crippen LogP) is 4.66. The summed E-state index contributed by atoms with van der Waals surface area (Å²) in [6, 6.07) is 9.19. The molecule has 2 rings (SSSR count). The van der Waals surface area contributed by atoms with Gasteiger partial charge in [-0.05, 0) is 44.2 Å². The van der Waals surface area contributed by atoms with E-state index in [0.717, 1.165) is 0 Å². The van der Waals surface area contributed by atoms with Crippen molar-refractivity contribution in [3.8, 4) is 11.5 Å². The quantitative estimate of drug-likeness (QED) is 0.658. The number of likely N-dealkylation sites (N-methyl/N-ethyl adjacent to an activating group) is 1. The molecule has 9 heteroatoms. The van der Waals surface area contributed by atoms with E-state index in [1.807, 2.05) is 0 Å². The number of aromatic nitrogens is 1. The first kappa shape index (κ1) is 21.8. The highest BCUT2D eigenvalue weighted by molar-refractivity contribution is 6.30. The summed E-state index contributed by atoms with van der Waals surface area (Å²) in [7, 11) is 1.60. The Bertz CT molecular complexity index is 800. The number of alkyl halides is 3. The summed E-state index contributed by atoms with van der Waals surface area (Å²) in [4.78, 5) is 18.2. The molecular formula is C19H20ClF3N2O3. The second-order valence-electron chi connectivity index (χ2n) is 6.17. The number of nitrogens with zero attached hydrogens (tertiary/aromatic N) is 2. The first-order chi connectivity index (χ1) is 13.1. The largest absolute Gasteiger partial charge is 0.483 e. The fourth-order valence-electron chi connectivity index (χ4n) is 2.36. The van der Waals surface area contributed by atoms with Crippen LogP contribution in [0.3, 0.4) is 0 Å². The lowest BCUT2D eigenvalue weighted by Crippen LogP contribution is -2.39. The predicted molar refractivity (Wildman–Crippen MR) is 98.5 cm³/mol. The van der Waals surface area contributed by atoms with Crippen molar-refractivity contribution < 1.29 is 27.4 Å². The highest BCUT2D eigenvalue weighted by Crippen LogP contribution is 2.23. The maximum absolute atomic E-state index is 12.6. The average molecular weight is 417 g/mol. The molecule has 2 unspecified atom stereocenters. The number of carbonyl (C=O) groups excluding carboxylic acids is 1. The number of ether oxygens (including phenoxy) is 2. The lowest BCUT2D eigenvalue weighted by molar-refractivity contribution is -0.153. The minimum Gasteiger partial charge on any atom is -0.483 e. The van der Waals surface area contributed by atoms with Gasteiger partial charge in [0.25, 0.3) is 5.91 Å². The fourth-order valence-corrected chi connectivity index (χ4v) is 2.54. The highest BCUT2D eigenvalue weighted by atomic mass is 35.5. The molecule has 0 spiro atoms. The third kappa shape index (κ3) is 6.30. The van der Waals surface area contributed by atoms with Gasteiger partial charge in [0.1, 0.15) is 11.5 Å². The van der Waals surface area contributed by atoms with E-state index in [9.17, 15) is 18.0 Å². The van der Waals surface area contributed by atoms with Crippen LogP contribution in [0, 0.1) is 0 Å². The summed E-state index contributed by atoms with van der Waals surface area (Å²) >= 11 is 5.90. The summed E-state index contributed by atoms with van der Waals surface area (Å²) in [6.07, 6.45) is -3.99. The van der Waals surface area contributed by atoms with E-state index in [1.54, 1.807) is 45.2 Å². The maximum atomic E-state index is 12.6. The monoisotopic (exact) mass is 416 g/mol. The van der Waals surface area contributed by atoms with Crippen molar-refractivity contribution in [2.45, 2.75) is 32.2 Å². The number of rotatable bonds is 7. The van der Waals surface area contributed by atoms with Crippen LogP contribution < -0.4 is 9.47 Å². The number of pyridine rings is 1. The molecule has 0 aliphatic carbocycles. The van der Waals surface area contributed by atoms with Crippen molar-refractivity contribution in [3.05, 3.63) is 53.3 Å². The molecule has 0 fully saturated rings. The third-order valence-electron chi connectivity index (χ3n) is 3.98. The van der Waals surface area contributed by atoms with Gasteiger partial charge in [-0.15, -0.1) is 0 Å². The van der Waals surface area contributed by atoms with Crippen LogP contribution >= 0.6 is 11.6 Å². The molecule has 0 N–H and O–H groups in total. The molecule has 1 heterocycles. The van der Waals surface area contributed by atoms with Crippen molar-refractivity contribution in [2.24, 2.45) is 0 Å². The SMILES string of the molecule is CC(Oc1cccc(Cl)c1)C(=O)N(C)C(C)c1ccc(OCC(F)(F)F)cn1. The van der Waals surface area contributed by atoms with E-state index >= 15 is 0 Å². The molecule has 2 aromatic rings. The van der Waals surface area contributed by atoms with Crippen molar-refractivity contribution >= 4 is 17.5 Å². The van der Waals surface area contributed by atoms with Gasteiger partial charge in [-0.2, -0.15) is 13.2 Å². The molecule has 28 heavy (non-hydrogen) atoms. The molecule has 1 aromatic carbocycles. The number of carbonyl (C=O) groups is 1. The normalized spacial score (nSPS) is 13.5. The van der Waals surface area contributed by atoms with Crippen LogP contribution in [0.4, 0.5) is 13.2 Å². The maximum Gasteiger partial charge on any atom is 0.422 e. The Morgan fingerprint density at radius 1 is 1.21 bits per heavy atom. The van der Waals surface area contributed by atoms with Crippen LogP contribution in [0.15, 0.2) is 42.6 Å². The van der Waals surface area contributed by atoms with Crippen LogP contribution in [0.5, 0.6) is 11.5 Å². The standard InChI is InChI=1S/C19H20ClF3N2O3/c1-12(17-8-7-16(10-24-17)27-11-19(21,22)23)25(3)18(26)13(2)28-15-6-4-5-14(20)9-15/h4-10,12-13H,11H2,1-3H3. The highest BCUT2D eigenvalue weighted by Gasteiger charge is 2.29. The summed E-state index contributed by atoms with van der Waals surface area (Å²) in [6.45, 7) is 1.98. The average Bonchev–Trinajstić information content (AvgIpc) is 2.64. The molecule has 0 radical (unpaired) electrons. The Hall–Kier alpha value is -2.48. The molecule has 0 aliphatic heterocycles. The van der Waals surface area contributed by atoms with Gasteiger partial charge in [-0.25, -0.2) is 0 Å². The van der Waals surface area contributed by atoms with Gasteiger partial charge in [0.15, 0.2) is 12.7 Å².